The smallest absolute Gasteiger partial charge is 0.162 e. The Labute approximate surface area is 104 Å². The highest BCUT2D eigenvalue weighted by molar-refractivity contribution is 7.85. The quantitative estimate of drug-likeness (QED) is 0.769. The molecule has 0 radical (unpaired) electrons. The van der Waals surface area contributed by atoms with Crippen molar-refractivity contribution >= 4 is 22.3 Å². The summed E-state index contributed by atoms with van der Waals surface area (Å²) in [6.07, 6.45) is 0.544. The highest BCUT2D eigenvalue weighted by atomic mass is 32.2. The van der Waals surface area contributed by atoms with Crippen LogP contribution in [0.2, 0.25) is 0 Å². The Morgan fingerprint density at radius 1 is 1.24 bits per heavy atom. The van der Waals surface area contributed by atoms with Crippen molar-refractivity contribution in [1.82, 2.24) is 0 Å². The maximum atomic E-state index is 11.5. The van der Waals surface area contributed by atoms with E-state index >= 15 is 0 Å². The first-order valence-corrected chi connectivity index (χ1v) is 7.42. The molecule has 0 saturated carbocycles. The van der Waals surface area contributed by atoms with Gasteiger partial charge in [-0.15, -0.1) is 0 Å². The summed E-state index contributed by atoms with van der Waals surface area (Å²) in [5.41, 5.74) is 1.89. The van der Waals surface area contributed by atoms with Crippen molar-refractivity contribution in [3.63, 3.8) is 0 Å². The van der Waals surface area contributed by atoms with Crippen LogP contribution in [0.5, 0.6) is 0 Å². The average Bonchev–Trinajstić information content (AvgIpc) is 2.39. The minimum absolute atomic E-state index is 0.177. The van der Waals surface area contributed by atoms with E-state index in [1.54, 1.807) is 0 Å². The lowest BCUT2D eigenvalue weighted by Crippen LogP contribution is -2.37. The van der Waals surface area contributed by atoms with Crippen LogP contribution in [0.3, 0.4) is 0 Å². The fourth-order valence-electron chi connectivity index (χ4n) is 1.96. The summed E-state index contributed by atoms with van der Waals surface area (Å²) in [5, 5.41) is 0. The van der Waals surface area contributed by atoms with Gasteiger partial charge in [-0.05, 0) is 24.3 Å². The molecule has 3 nitrogen and oxygen atoms in total. The van der Waals surface area contributed by atoms with Crippen LogP contribution in [0, 0.1) is 0 Å². The van der Waals surface area contributed by atoms with Crippen LogP contribution >= 0.6 is 0 Å². The van der Waals surface area contributed by atoms with E-state index in [2.05, 4.69) is 4.90 Å². The third kappa shape index (κ3) is 2.94. The minimum Gasteiger partial charge on any atom is -0.370 e. The summed E-state index contributed by atoms with van der Waals surface area (Å²) in [7, 11) is -0.644. The van der Waals surface area contributed by atoms with E-state index in [-0.39, 0.29) is 5.78 Å². The van der Waals surface area contributed by atoms with Crippen LogP contribution in [0.1, 0.15) is 23.7 Å². The van der Waals surface area contributed by atoms with Crippen molar-refractivity contribution < 1.29 is 9.00 Å². The molecule has 0 bridgehead atoms. The zero-order valence-electron chi connectivity index (χ0n) is 10.0. The Hall–Kier alpha value is -1.16. The van der Waals surface area contributed by atoms with Crippen molar-refractivity contribution in [2.75, 3.05) is 29.5 Å². The molecule has 1 aliphatic rings. The molecule has 0 atom stereocenters. The van der Waals surface area contributed by atoms with Gasteiger partial charge in [-0.25, -0.2) is 0 Å². The Morgan fingerprint density at radius 3 is 2.35 bits per heavy atom. The summed E-state index contributed by atoms with van der Waals surface area (Å²) in [4.78, 5) is 13.7. The zero-order chi connectivity index (χ0) is 12.3. The number of ketones is 1. The highest BCUT2D eigenvalue weighted by Gasteiger charge is 2.15. The molecule has 0 N–H and O–H groups in total. The topological polar surface area (TPSA) is 37.4 Å². The van der Waals surface area contributed by atoms with Crippen LogP contribution in [-0.2, 0) is 10.8 Å². The number of rotatable bonds is 3. The number of carbonyl (C=O) groups excluding carboxylic acids is 1. The van der Waals surface area contributed by atoms with Gasteiger partial charge in [0.05, 0.1) is 0 Å². The number of hydrogen-bond acceptors (Lipinski definition) is 3. The Bertz CT molecular complexity index is 418. The predicted octanol–water partition coefficient (Wildman–Crippen LogP) is 1.85. The van der Waals surface area contributed by atoms with E-state index in [0.29, 0.717) is 6.42 Å². The van der Waals surface area contributed by atoms with Crippen LogP contribution < -0.4 is 4.90 Å². The Balaban J connectivity index is 2.07. The molecular weight excluding hydrogens is 234 g/mol. The van der Waals surface area contributed by atoms with Crippen LogP contribution in [0.4, 0.5) is 5.69 Å². The Kier molecular flexibility index (Phi) is 3.94. The first-order valence-electron chi connectivity index (χ1n) is 5.94. The maximum absolute atomic E-state index is 11.5. The lowest BCUT2D eigenvalue weighted by molar-refractivity contribution is 0.0988. The molecular formula is C13H17NO2S. The van der Waals surface area contributed by atoms with Gasteiger partial charge < -0.3 is 4.90 Å². The first kappa shape index (κ1) is 12.3. The molecule has 0 unspecified atom stereocenters. The van der Waals surface area contributed by atoms with Gasteiger partial charge in [-0.1, -0.05) is 6.92 Å². The molecule has 1 aromatic rings. The molecule has 1 saturated heterocycles. The fraction of sp³-hybridized carbons (Fsp3) is 0.462. The monoisotopic (exact) mass is 251 g/mol. The summed E-state index contributed by atoms with van der Waals surface area (Å²) < 4.78 is 11.3. The van der Waals surface area contributed by atoms with E-state index in [4.69, 9.17) is 0 Å². The molecule has 0 aliphatic carbocycles. The second kappa shape index (κ2) is 5.45. The normalized spacial score (nSPS) is 17.1. The molecule has 0 amide bonds. The van der Waals surface area contributed by atoms with Crippen molar-refractivity contribution in [1.29, 1.82) is 0 Å². The molecule has 1 aromatic carbocycles. The number of nitrogens with zero attached hydrogens (tertiary/aromatic N) is 1. The van der Waals surface area contributed by atoms with Crippen molar-refractivity contribution in [2.45, 2.75) is 13.3 Å². The molecule has 1 aliphatic heterocycles. The van der Waals surface area contributed by atoms with Gasteiger partial charge >= 0.3 is 0 Å². The van der Waals surface area contributed by atoms with E-state index < -0.39 is 10.8 Å². The number of benzene rings is 1. The van der Waals surface area contributed by atoms with Crippen molar-refractivity contribution in [3.05, 3.63) is 29.8 Å². The average molecular weight is 251 g/mol. The second-order valence-corrected chi connectivity index (χ2v) is 5.85. The molecule has 0 spiro atoms. The third-order valence-corrected chi connectivity index (χ3v) is 4.33. The zero-order valence-corrected chi connectivity index (χ0v) is 10.8. The fourth-order valence-corrected chi connectivity index (χ4v) is 3.01. The van der Waals surface area contributed by atoms with E-state index in [9.17, 15) is 9.00 Å². The number of hydrogen-bond donors (Lipinski definition) is 0. The molecule has 0 aromatic heterocycles. The molecule has 1 fully saturated rings. The van der Waals surface area contributed by atoms with E-state index in [1.165, 1.54) is 0 Å². The lowest BCUT2D eigenvalue weighted by atomic mass is 10.1. The SMILES string of the molecule is CCC(=O)c1ccc(N2CCS(=O)CC2)cc1. The van der Waals surface area contributed by atoms with Crippen molar-refractivity contribution in [2.24, 2.45) is 0 Å². The van der Waals surface area contributed by atoms with Gasteiger partial charge in [0.1, 0.15) is 0 Å². The van der Waals surface area contributed by atoms with Crippen LogP contribution in [0.25, 0.3) is 0 Å². The molecule has 2 rings (SSSR count). The third-order valence-electron chi connectivity index (χ3n) is 3.05. The standard InChI is InChI=1S/C13H17NO2S/c1-2-13(15)11-3-5-12(6-4-11)14-7-9-17(16)10-8-14/h3-6H,2,7-10H2,1H3. The summed E-state index contributed by atoms with van der Waals surface area (Å²) in [5.74, 6) is 1.67. The van der Waals surface area contributed by atoms with Gasteiger partial charge in [0.25, 0.3) is 0 Å². The molecule has 4 heteroatoms. The van der Waals surface area contributed by atoms with Gasteiger partial charge in [0.2, 0.25) is 0 Å². The predicted molar refractivity (Wildman–Crippen MR) is 71.2 cm³/mol. The summed E-state index contributed by atoms with van der Waals surface area (Å²) in [6, 6.07) is 7.73. The van der Waals surface area contributed by atoms with Crippen LogP contribution in [-0.4, -0.2) is 34.6 Å². The van der Waals surface area contributed by atoms with E-state index in [1.807, 2.05) is 31.2 Å². The number of carbonyl (C=O) groups is 1. The largest absolute Gasteiger partial charge is 0.370 e. The maximum Gasteiger partial charge on any atom is 0.162 e. The number of anilines is 1. The molecule has 1 heterocycles. The van der Waals surface area contributed by atoms with Gasteiger partial charge in [-0.3, -0.25) is 9.00 Å². The number of Topliss-reactive ketones (excluding diaryl/α,β-unsaturated/α-hetero) is 1. The highest BCUT2D eigenvalue weighted by Crippen LogP contribution is 2.17. The van der Waals surface area contributed by atoms with Crippen LogP contribution in [0.15, 0.2) is 24.3 Å². The van der Waals surface area contributed by atoms with Gasteiger partial charge in [0.15, 0.2) is 5.78 Å². The Morgan fingerprint density at radius 2 is 1.82 bits per heavy atom. The lowest BCUT2D eigenvalue weighted by Gasteiger charge is -2.28. The second-order valence-electron chi connectivity index (χ2n) is 4.16. The van der Waals surface area contributed by atoms with E-state index in [0.717, 1.165) is 35.8 Å². The minimum atomic E-state index is -0.644. The summed E-state index contributed by atoms with van der Waals surface area (Å²) >= 11 is 0. The van der Waals surface area contributed by atoms with Gasteiger partial charge in [-0.2, -0.15) is 0 Å². The summed E-state index contributed by atoms with van der Waals surface area (Å²) in [6.45, 7) is 3.55. The van der Waals surface area contributed by atoms with Crippen molar-refractivity contribution in [3.8, 4) is 0 Å². The molecule has 17 heavy (non-hydrogen) atoms. The molecule has 92 valence electrons. The van der Waals surface area contributed by atoms with Gasteiger partial charge in [0, 0.05) is 53.1 Å². The first-order chi connectivity index (χ1) is 8.20.